The van der Waals surface area contributed by atoms with Crippen molar-refractivity contribution in [1.29, 1.82) is 0 Å². The Labute approximate surface area is 184 Å². The van der Waals surface area contributed by atoms with Crippen LogP contribution in [0.4, 0.5) is 5.69 Å². The topological polar surface area (TPSA) is 84.5 Å². The molecule has 1 fully saturated rings. The molecule has 4 rings (SSSR count). The molecule has 0 spiro atoms. The van der Waals surface area contributed by atoms with Crippen LogP contribution in [-0.2, 0) is 6.54 Å². The highest BCUT2D eigenvalue weighted by atomic mass is 35.5. The molecular weight excluding hydrogens is 418 g/mol. The number of nitrogens with zero attached hydrogens (tertiary/aromatic N) is 5. The van der Waals surface area contributed by atoms with Crippen molar-refractivity contribution in [3.05, 3.63) is 81.6 Å². The predicted molar refractivity (Wildman–Crippen MR) is 118 cm³/mol. The molecule has 0 unspecified atom stereocenters. The fourth-order valence-corrected chi connectivity index (χ4v) is 3.94. The summed E-state index contributed by atoms with van der Waals surface area (Å²) in [7, 11) is 0. The maximum absolute atomic E-state index is 12.9. The van der Waals surface area contributed by atoms with Gasteiger partial charge in [-0.25, -0.2) is 4.98 Å². The van der Waals surface area contributed by atoms with E-state index in [-0.39, 0.29) is 17.2 Å². The van der Waals surface area contributed by atoms with Crippen LogP contribution in [-0.4, -0.2) is 62.9 Å². The van der Waals surface area contributed by atoms with Crippen molar-refractivity contribution in [3.8, 4) is 11.4 Å². The lowest BCUT2D eigenvalue weighted by molar-refractivity contribution is -0.385. The van der Waals surface area contributed by atoms with Gasteiger partial charge in [-0.1, -0.05) is 41.9 Å². The van der Waals surface area contributed by atoms with Crippen molar-refractivity contribution in [2.45, 2.75) is 6.54 Å². The van der Waals surface area contributed by atoms with Crippen molar-refractivity contribution in [2.75, 3.05) is 32.7 Å². The Kier molecular flexibility index (Phi) is 6.29. The molecule has 0 radical (unpaired) electrons. The molecule has 0 saturated carbocycles. The Morgan fingerprint density at radius 1 is 1.06 bits per heavy atom. The predicted octanol–water partition coefficient (Wildman–Crippen LogP) is 3.57. The monoisotopic (exact) mass is 439 g/mol. The first-order valence-electron chi connectivity index (χ1n) is 10.0. The number of halogens is 1. The van der Waals surface area contributed by atoms with Gasteiger partial charge < -0.3 is 9.47 Å². The number of nitro benzene ring substituents is 1. The number of aromatic nitrogens is 2. The third kappa shape index (κ3) is 4.76. The van der Waals surface area contributed by atoms with Crippen LogP contribution >= 0.6 is 11.6 Å². The van der Waals surface area contributed by atoms with Crippen LogP contribution in [0.15, 0.2) is 60.9 Å². The first kappa shape index (κ1) is 21.0. The average molecular weight is 440 g/mol. The van der Waals surface area contributed by atoms with Gasteiger partial charge in [-0.3, -0.25) is 19.8 Å². The zero-order valence-electron chi connectivity index (χ0n) is 16.9. The molecule has 1 saturated heterocycles. The summed E-state index contributed by atoms with van der Waals surface area (Å²) in [5.74, 6) is 0.581. The number of imidazole rings is 1. The number of piperazine rings is 1. The Morgan fingerprint density at radius 3 is 2.52 bits per heavy atom. The molecule has 3 aromatic rings. The van der Waals surface area contributed by atoms with E-state index in [4.69, 9.17) is 11.6 Å². The number of hydrogen-bond acceptors (Lipinski definition) is 5. The second kappa shape index (κ2) is 9.28. The minimum absolute atomic E-state index is 0.0388. The number of carbonyl (C=O) groups excluding carboxylic acids is 1. The summed E-state index contributed by atoms with van der Waals surface area (Å²) in [6.07, 6.45) is 3.78. The highest BCUT2D eigenvalue weighted by Crippen LogP contribution is 2.24. The van der Waals surface area contributed by atoms with Crippen LogP contribution in [0.2, 0.25) is 5.02 Å². The number of carbonyl (C=O) groups is 1. The maximum Gasteiger partial charge on any atom is 0.282 e. The highest BCUT2D eigenvalue weighted by Gasteiger charge is 2.27. The average Bonchev–Trinajstić information content (AvgIpc) is 3.26. The van der Waals surface area contributed by atoms with Crippen molar-refractivity contribution in [1.82, 2.24) is 19.4 Å². The second-order valence-corrected chi connectivity index (χ2v) is 7.80. The molecule has 160 valence electrons. The number of rotatable bonds is 6. The number of benzene rings is 2. The van der Waals surface area contributed by atoms with Crippen LogP contribution in [0.1, 0.15) is 10.4 Å². The quantitative estimate of drug-likeness (QED) is 0.433. The molecule has 0 atom stereocenters. The Balaban J connectivity index is 1.35. The van der Waals surface area contributed by atoms with Gasteiger partial charge in [0.15, 0.2) is 0 Å². The van der Waals surface area contributed by atoms with Gasteiger partial charge in [-0.05, 0) is 12.1 Å². The molecule has 2 aromatic carbocycles. The van der Waals surface area contributed by atoms with Crippen LogP contribution in [0.5, 0.6) is 0 Å². The molecule has 0 N–H and O–H groups in total. The summed E-state index contributed by atoms with van der Waals surface area (Å²) in [6, 6.07) is 14.1. The van der Waals surface area contributed by atoms with Crippen molar-refractivity contribution < 1.29 is 9.72 Å². The van der Waals surface area contributed by atoms with Gasteiger partial charge in [-0.2, -0.15) is 0 Å². The Hall–Kier alpha value is -3.23. The molecule has 1 aliphatic rings. The number of amides is 1. The fourth-order valence-electron chi connectivity index (χ4n) is 3.77. The molecule has 1 amide bonds. The third-order valence-corrected chi connectivity index (χ3v) is 5.68. The normalized spacial score (nSPS) is 14.5. The van der Waals surface area contributed by atoms with E-state index in [0.29, 0.717) is 31.2 Å². The van der Waals surface area contributed by atoms with Gasteiger partial charge in [-0.15, -0.1) is 0 Å². The van der Waals surface area contributed by atoms with Crippen LogP contribution in [0.3, 0.4) is 0 Å². The minimum atomic E-state index is -0.546. The van der Waals surface area contributed by atoms with Crippen molar-refractivity contribution >= 4 is 23.2 Å². The van der Waals surface area contributed by atoms with Crippen LogP contribution < -0.4 is 0 Å². The Bertz CT molecular complexity index is 1080. The number of nitro groups is 1. The van der Waals surface area contributed by atoms with E-state index < -0.39 is 4.92 Å². The minimum Gasteiger partial charge on any atom is -0.336 e. The van der Waals surface area contributed by atoms with E-state index in [2.05, 4.69) is 14.5 Å². The largest absolute Gasteiger partial charge is 0.336 e. The zero-order valence-corrected chi connectivity index (χ0v) is 17.6. The van der Waals surface area contributed by atoms with Gasteiger partial charge in [0, 0.05) is 68.3 Å². The summed E-state index contributed by atoms with van der Waals surface area (Å²) in [5, 5.41) is 11.6. The van der Waals surface area contributed by atoms with Crippen LogP contribution in [0, 0.1) is 10.1 Å². The molecule has 2 heterocycles. The molecular formula is C22H22ClN5O3. The van der Waals surface area contributed by atoms with E-state index in [1.165, 1.54) is 18.2 Å². The second-order valence-electron chi connectivity index (χ2n) is 7.36. The zero-order chi connectivity index (χ0) is 21.8. The highest BCUT2D eigenvalue weighted by molar-refractivity contribution is 6.31. The van der Waals surface area contributed by atoms with Crippen LogP contribution in [0.25, 0.3) is 11.4 Å². The van der Waals surface area contributed by atoms with Gasteiger partial charge in [0.25, 0.3) is 11.6 Å². The standard InChI is InChI=1S/C22H22ClN5O3/c23-18-6-7-20(28(30)31)19(16-18)22(29)27-14-11-25(12-15-27)10-13-26-9-8-24-21(26)17-4-2-1-3-5-17/h1-9,16H,10-15H2. The van der Waals surface area contributed by atoms with Gasteiger partial charge >= 0.3 is 0 Å². The lowest BCUT2D eigenvalue weighted by Gasteiger charge is -2.34. The van der Waals surface area contributed by atoms with E-state index in [0.717, 1.165) is 24.5 Å². The fraction of sp³-hybridized carbons (Fsp3) is 0.273. The first-order valence-corrected chi connectivity index (χ1v) is 10.4. The van der Waals surface area contributed by atoms with E-state index in [1.807, 2.05) is 36.5 Å². The lowest BCUT2D eigenvalue weighted by Crippen LogP contribution is -2.49. The molecule has 1 aromatic heterocycles. The van der Waals surface area contributed by atoms with Gasteiger partial charge in [0.2, 0.25) is 0 Å². The first-order chi connectivity index (χ1) is 15.0. The molecule has 31 heavy (non-hydrogen) atoms. The number of hydrogen-bond donors (Lipinski definition) is 0. The summed E-state index contributed by atoms with van der Waals surface area (Å²) in [5.41, 5.74) is 0.897. The maximum atomic E-state index is 12.9. The van der Waals surface area contributed by atoms with Gasteiger partial charge in [0.1, 0.15) is 11.4 Å². The van der Waals surface area contributed by atoms with Crippen molar-refractivity contribution in [3.63, 3.8) is 0 Å². The van der Waals surface area contributed by atoms with E-state index in [9.17, 15) is 14.9 Å². The van der Waals surface area contributed by atoms with Crippen molar-refractivity contribution in [2.24, 2.45) is 0 Å². The summed E-state index contributed by atoms with van der Waals surface area (Å²) < 4.78 is 2.13. The summed E-state index contributed by atoms with van der Waals surface area (Å²) >= 11 is 5.97. The lowest BCUT2D eigenvalue weighted by atomic mass is 10.1. The SMILES string of the molecule is O=C(c1cc(Cl)ccc1[N+](=O)[O-])N1CCN(CCn2ccnc2-c2ccccc2)CC1. The molecule has 0 bridgehead atoms. The molecule has 0 aliphatic carbocycles. The third-order valence-electron chi connectivity index (χ3n) is 5.45. The smallest absolute Gasteiger partial charge is 0.282 e. The molecule has 9 heteroatoms. The molecule has 8 nitrogen and oxygen atoms in total. The Morgan fingerprint density at radius 2 is 1.81 bits per heavy atom. The van der Waals surface area contributed by atoms with E-state index >= 15 is 0 Å². The molecule has 1 aliphatic heterocycles. The van der Waals surface area contributed by atoms with Gasteiger partial charge in [0.05, 0.1) is 4.92 Å². The summed E-state index contributed by atoms with van der Waals surface area (Å²) in [4.78, 5) is 32.0. The van der Waals surface area contributed by atoms with E-state index in [1.54, 1.807) is 11.1 Å². The summed E-state index contributed by atoms with van der Waals surface area (Å²) in [6.45, 7) is 4.05.